The largest absolute Gasteiger partial charge is 0.438 e. The van der Waals surface area contributed by atoms with Crippen LogP contribution in [0.25, 0.3) is 105 Å². The van der Waals surface area contributed by atoms with Crippen LogP contribution < -0.4 is 0 Å². The van der Waals surface area contributed by atoms with Gasteiger partial charge < -0.3 is 8.82 Å². The molecule has 0 N–H and O–H groups in total. The second-order valence-corrected chi connectivity index (χ2v) is 18.0. The van der Waals surface area contributed by atoms with E-state index in [0.29, 0.717) is 11.5 Å². The summed E-state index contributed by atoms with van der Waals surface area (Å²) in [5.41, 5.74) is 15.8. The van der Waals surface area contributed by atoms with Crippen LogP contribution >= 0.6 is 0 Å². The molecule has 4 heteroatoms. The summed E-state index contributed by atoms with van der Waals surface area (Å²) in [5.74, 6) is 0.297. The zero-order valence-electron chi connectivity index (χ0n) is 33.6. The highest BCUT2D eigenvalue weighted by molar-refractivity contribution is 6.32. The molecule has 4 aromatic heterocycles. The summed E-state index contributed by atoms with van der Waals surface area (Å²) in [6.07, 6.45) is 5.89. The number of fused-ring (bicyclic) bond motifs is 12. The SMILES string of the molecule is CC12CCC(C)(CC1)c1cc3c4cc(-c5c(-c6ccccc6)cc(-c6ccccc6)cc5-c5ccccc5)cc5c6c7c(ncc6n(c3cc1C2=O)c45)oc1ccccc17. The van der Waals surface area contributed by atoms with E-state index in [0.717, 1.165) is 91.6 Å². The Kier molecular flexibility index (Phi) is 6.79. The van der Waals surface area contributed by atoms with E-state index in [1.54, 1.807) is 0 Å². The Balaban J connectivity index is 1.23. The maximum atomic E-state index is 14.6. The third-order valence-corrected chi connectivity index (χ3v) is 14.5. The number of para-hydroxylation sites is 1. The highest BCUT2D eigenvalue weighted by Gasteiger charge is 2.49. The number of carbonyl (C=O) groups is 1. The monoisotopic (exact) mass is 772 g/mol. The van der Waals surface area contributed by atoms with Gasteiger partial charge in [-0.2, -0.15) is 0 Å². The van der Waals surface area contributed by atoms with E-state index in [9.17, 15) is 4.79 Å². The van der Waals surface area contributed by atoms with Crippen molar-refractivity contribution in [3.63, 3.8) is 0 Å². The van der Waals surface area contributed by atoms with E-state index >= 15 is 0 Å². The van der Waals surface area contributed by atoms with Gasteiger partial charge in [0.25, 0.3) is 0 Å². The number of nitrogens with zero attached hydrogens (tertiary/aromatic N) is 2. The molecule has 3 aliphatic rings. The zero-order chi connectivity index (χ0) is 39.9. The average Bonchev–Trinajstić information content (AvgIpc) is 3.93. The van der Waals surface area contributed by atoms with Gasteiger partial charge in [0, 0.05) is 37.9 Å². The predicted molar refractivity (Wildman–Crippen MR) is 246 cm³/mol. The number of benzene rings is 7. The Hall–Kier alpha value is -7.04. The van der Waals surface area contributed by atoms with Gasteiger partial charge in [-0.3, -0.25) is 4.79 Å². The van der Waals surface area contributed by atoms with Crippen molar-refractivity contribution >= 4 is 65.9 Å². The minimum atomic E-state index is -0.331. The number of furan rings is 1. The smallest absolute Gasteiger partial charge is 0.228 e. The minimum absolute atomic E-state index is 0.0518. The molecule has 0 unspecified atom stereocenters. The maximum absolute atomic E-state index is 14.6. The van der Waals surface area contributed by atoms with E-state index in [1.165, 1.54) is 44.2 Å². The fourth-order valence-electron chi connectivity index (χ4n) is 11.2. The van der Waals surface area contributed by atoms with Crippen LogP contribution in [0, 0.1) is 5.41 Å². The lowest BCUT2D eigenvalue weighted by atomic mass is 9.65. The van der Waals surface area contributed by atoms with Gasteiger partial charge in [-0.15, -0.1) is 0 Å². The van der Waals surface area contributed by atoms with E-state index in [1.807, 2.05) is 18.3 Å². The van der Waals surface area contributed by atoms with Crippen molar-refractivity contribution in [2.75, 3.05) is 0 Å². The highest BCUT2D eigenvalue weighted by Crippen LogP contribution is 2.55. The summed E-state index contributed by atoms with van der Waals surface area (Å²) in [4.78, 5) is 19.6. The van der Waals surface area contributed by atoms with Gasteiger partial charge >= 0.3 is 0 Å². The number of ketones is 1. The maximum Gasteiger partial charge on any atom is 0.228 e. The van der Waals surface area contributed by atoms with Crippen molar-refractivity contribution in [2.24, 2.45) is 5.41 Å². The van der Waals surface area contributed by atoms with Crippen molar-refractivity contribution in [2.45, 2.75) is 44.9 Å². The normalized spacial score (nSPS) is 19.1. The van der Waals surface area contributed by atoms with Crippen LogP contribution in [0.4, 0.5) is 0 Å². The van der Waals surface area contributed by atoms with Crippen molar-refractivity contribution in [1.29, 1.82) is 0 Å². The van der Waals surface area contributed by atoms with Crippen LogP contribution in [-0.2, 0) is 5.41 Å². The molecule has 60 heavy (non-hydrogen) atoms. The van der Waals surface area contributed by atoms with E-state index in [2.05, 4.69) is 158 Å². The third-order valence-electron chi connectivity index (χ3n) is 14.5. The first-order valence-corrected chi connectivity index (χ1v) is 21.2. The molecule has 0 amide bonds. The first kappa shape index (κ1) is 33.9. The molecular weight excluding hydrogens is 733 g/mol. The molecule has 0 aliphatic heterocycles. The lowest BCUT2D eigenvalue weighted by Gasteiger charge is -2.38. The van der Waals surface area contributed by atoms with Gasteiger partial charge in [0.15, 0.2) is 5.78 Å². The Morgan fingerprint density at radius 3 is 1.80 bits per heavy atom. The number of aromatic nitrogens is 2. The molecule has 3 aliphatic carbocycles. The number of Topliss-reactive ketones (excluding diaryl/α,β-unsaturated/α-hetero) is 1. The van der Waals surface area contributed by atoms with Crippen LogP contribution in [0.5, 0.6) is 0 Å². The topological polar surface area (TPSA) is 47.5 Å². The number of hydrogen-bond acceptors (Lipinski definition) is 3. The van der Waals surface area contributed by atoms with Gasteiger partial charge in [0.05, 0.1) is 28.1 Å². The van der Waals surface area contributed by atoms with Gasteiger partial charge in [0.2, 0.25) is 5.71 Å². The molecular formula is C56H40N2O2. The highest BCUT2D eigenvalue weighted by atomic mass is 16.3. The second kappa shape index (κ2) is 12.0. The summed E-state index contributed by atoms with van der Waals surface area (Å²) in [6, 6.07) is 54.9. The minimum Gasteiger partial charge on any atom is -0.438 e. The quantitative estimate of drug-likeness (QED) is 0.179. The predicted octanol–water partition coefficient (Wildman–Crippen LogP) is 14.8. The third kappa shape index (κ3) is 4.56. The van der Waals surface area contributed by atoms with Crippen molar-refractivity contribution < 1.29 is 9.21 Å². The Morgan fingerprint density at radius 2 is 1.12 bits per heavy atom. The van der Waals surface area contributed by atoms with E-state index in [-0.39, 0.29) is 10.8 Å². The summed E-state index contributed by atoms with van der Waals surface area (Å²) < 4.78 is 8.85. The summed E-state index contributed by atoms with van der Waals surface area (Å²) in [6.45, 7) is 4.59. The van der Waals surface area contributed by atoms with Gasteiger partial charge in [-0.1, -0.05) is 123 Å². The fraction of sp³-hybridized carbons (Fsp3) is 0.143. The summed E-state index contributed by atoms with van der Waals surface area (Å²) in [5, 5.41) is 6.71. The van der Waals surface area contributed by atoms with E-state index < -0.39 is 0 Å². The van der Waals surface area contributed by atoms with Crippen LogP contribution in [-0.4, -0.2) is 15.2 Å². The number of pyridine rings is 1. The molecule has 4 nitrogen and oxygen atoms in total. The molecule has 286 valence electrons. The molecule has 2 bridgehead atoms. The molecule has 1 fully saturated rings. The van der Waals surface area contributed by atoms with E-state index in [4.69, 9.17) is 9.40 Å². The Morgan fingerprint density at radius 1 is 0.517 bits per heavy atom. The first-order valence-electron chi connectivity index (χ1n) is 21.2. The molecule has 14 rings (SSSR count). The number of carbonyl (C=O) groups excluding carboxylic acids is 1. The standard InChI is InChI=1S/C56H40N2O2/c1-55-22-24-56(2,25-23-55)53(59)43-31-46-41(30-45(43)55)42-28-37(29-44-50-47(58(46)52(42)44)32-57-54-51(50)38-20-12-13-21-48(38)60-54)49-39(34-16-8-4-9-17-34)26-36(33-14-6-3-7-15-33)27-40(49)35-18-10-5-11-19-35/h3-21,26-32H,22-25H2,1-2H3. The number of hydrogen-bond donors (Lipinski definition) is 0. The van der Waals surface area contributed by atoms with Crippen molar-refractivity contribution in [3.05, 3.63) is 169 Å². The van der Waals surface area contributed by atoms with Crippen molar-refractivity contribution in [3.8, 4) is 44.5 Å². The molecule has 0 saturated heterocycles. The van der Waals surface area contributed by atoms with Gasteiger partial charge in [0.1, 0.15) is 5.58 Å². The van der Waals surface area contributed by atoms with Crippen molar-refractivity contribution in [1.82, 2.24) is 9.38 Å². The first-order chi connectivity index (χ1) is 29.4. The molecule has 11 aromatic rings. The molecule has 4 heterocycles. The lowest BCUT2D eigenvalue weighted by molar-refractivity contribution is 0.0732. The summed E-state index contributed by atoms with van der Waals surface area (Å²) >= 11 is 0. The van der Waals surface area contributed by atoms with Gasteiger partial charge in [-0.05, 0) is 124 Å². The summed E-state index contributed by atoms with van der Waals surface area (Å²) in [7, 11) is 0. The molecule has 0 radical (unpaired) electrons. The van der Waals surface area contributed by atoms with Crippen LogP contribution in [0.15, 0.2) is 162 Å². The number of rotatable bonds is 4. The lowest BCUT2D eigenvalue weighted by Crippen LogP contribution is -2.33. The Labute approximate surface area is 347 Å². The van der Waals surface area contributed by atoms with Crippen LogP contribution in [0.3, 0.4) is 0 Å². The Bertz CT molecular complexity index is 3510. The van der Waals surface area contributed by atoms with Gasteiger partial charge in [-0.25, -0.2) is 4.98 Å². The molecule has 7 aromatic carbocycles. The van der Waals surface area contributed by atoms with Crippen LogP contribution in [0.2, 0.25) is 0 Å². The molecule has 0 spiro atoms. The second-order valence-electron chi connectivity index (χ2n) is 18.0. The average molecular weight is 773 g/mol. The molecule has 1 saturated carbocycles. The molecule has 0 atom stereocenters. The fourth-order valence-corrected chi connectivity index (χ4v) is 11.2. The zero-order valence-corrected chi connectivity index (χ0v) is 33.6. The van der Waals surface area contributed by atoms with Crippen LogP contribution in [0.1, 0.15) is 55.5 Å².